The SMILES string of the molecule is CCCCCC(=O)C[C@H]1CSCc2cc(CSCCCC(=O)[C@H](CO)NC(=O)[C@H](CO)NC(=O)[C@H](CO)NC(=O)CS)cc(c2)CSC[C@@H](C(=O)O)CC(=O)[C@H](Cc2ccccc2)NC(=O)[C@H](CCC(N)=O)NC(=O)[C@H]([C@@H](C)O)NC(=O)[C@@H]2CCCN2C(=O)[C@@H]2CCCN2C1=O. The molecule has 0 aromatic heterocycles. The Balaban J connectivity index is 1.44. The molecule has 31 heteroatoms. The molecule has 3 aliphatic rings. The van der Waals surface area contributed by atoms with E-state index in [1.54, 1.807) is 30.3 Å². The minimum absolute atomic E-state index is 0.0618. The molecule has 3 heterocycles. The van der Waals surface area contributed by atoms with Gasteiger partial charge in [-0.3, -0.25) is 62.3 Å². The summed E-state index contributed by atoms with van der Waals surface area (Å²) in [7, 11) is 0. The Morgan fingerprint density at radius 1 is 0.708 bits per heavy atom. The fourth-order valence-corrected chi connectivity index (χ4v) is 14.6. The maximum absolute atomic E-state index is 14.9. The Bertz CT molecular complexity index is 3020. The minimum Gasteiger partial charge on any atom is -0.481 e. The van der Waals surface area contributed by atoms with Crippen LogP contribution in [-0.4, -0.2) is 222 Å². The highest BCUT2D eigenvalue weighted by Crippen LogP contribution is 2.31. The van der Waals surface area contributed by atoms with Gasteiger partial charge in [-0.2, -0.15) is 47.9 Å². The predicted octanol–water partition coefficient (Wildman–Crippen LogP) is 0.251. The largest absolute Gasteiger partial charge is 0.481 e. The van der Waals surface area contributed by atoms with E-state index >= 15 is 0 Å². The number of amides is 9. The molecule has 2 aromatic carbocycles. The molecule has 2 bridgehead atoms. The molecule has 0 unspecified atom stereocenters. The van der Waals surface area contributed by atoms with E-state index in [1.807, 2.05) is 25.1 Å². The molecule has 0 aliphatic carbocycles. The van der Waals surface area contributed by atoms with Crippen molar-refractivity contribution in [2.24, 2.45) is 17.6 Å². The lowest BCUT2D eigenvalue weighted by Crippen LogP contribution is -2.61. The molecular formula is C65H93N9O18S4. The third-order valence-electron chi connectivity index (χ3n) is 16.7. The lowest BCUT2D eigenvalue weighted by molar-refractivity contribution is -0.148. The lowest BCUT2D eigenvalue weighted by atomic mass is 9.95. The summed E-state index contributed by atoms with van der Waals surface area (Å²) in [5.41, 5.74) is 8.54. The zero-order valence-electron chi connectivity index (χ0n) is 54.2. The second-order valence-corrected chi connectivity index (χ2v) is 27.8. The van der Waals surface area contributed by atoms with E-state index in [0.29, 0.717) is 48.5 Å². The maximum Gasteiger partial charge on any atom is 0.307 e. The standard InChI is InChI=1S/C65H93N9O18S4/c1-3-4-6-14-45(79)27-43-36-95-34-41-23-40(33-94-22-11-17-53(80)48(29-75)70-60(86)50(31-77)71-59(85)49(30-76)67-56(83)32-93)24-42(25-41)35-96-37-44(65(91)92)28-54(81)47(26-39-12-7-5-8-13-39)69-58(84)46(18-19-55(66)82)68-62(88)57(38(2)78)72-61(87)51-15-9-20-73(51)64(90)52-16-10-21-74(52)63(43)89/h5,7-8,12-13,23-25,38,43-44,46-52,57,75-78,93H,3-4,6,9-11,14-22,26-37H2,1-2H3,(H2,66,82)(H,67,83)(H,68,88)(H,69,84)(H,70,86)(H,71,85)(H,72,87)(H,91,92)/t38-,43+,44+,46+,47+,48+,49+,50+,51+,52+,57+/m1/s1. The summed E-state index contributed by atoms with van der Waals surface area (Å²) in [6.45, 7) is 1.05. The van der Waals surface area contributed by atoms with Gasteiger partial charge in [0, 0.05) is 74.0 Å². The number of aliphatic carboxylic acids is 1. The number of aliphatic hydroxyl groups is 4. The van der Waals surface area contributed by atoms with Gasteiger partial charge in [0.25, 0.3) is 0 Å². The number of aliphatic hydroxyl groups excluding tert-OH is 4. The number of carboxylic acid groups (broad SMARTS) is 1. The van der Waals surface area contributed by atoms with Gasteiger partial charge in [-0.25, -0.2) is 0 Å². The van der Waals surface area contributed by atoms with Gasteiger partial charge >= 0.3 is 5.97 Å². The third-order valence-corrected chi connectivity index (χ3v) is 20.4. The van der Waals surface area contributed by atoms with E-state index in [0.717, 1.165) is 29.5 Å². The summed E-state index contributed by atoms with van der Waals surface area (Å²) < 4.78 is 0. The van der Waals surface area contributed by atoms with Crippen LogP contribution >= 0.6 is 47.9 Å². The number of benzene rings is 2. The number of thioether (sulfide) groups is 3. The van der Waals surface area contributed by atoms with Gasteiger partial charge in [0.05, 0.1) is 49.6 Å². The van der Waals surface area contributed by atoms with E-state index in [4.69, 9.17) is 5.73 Å². The van der Waals surface area contributed by atoms with Crippen LogP contribution in [0.15, 0.2) is 48.5 Å². The number of hydrogen-bond acceptors (Lipinski definition) is 21. The van der Waals surface area contributed by atoms with Crippen molar-refractivity contribution in [3.63, 3.8) is 0 Å². The number of nitrogens with zero attached hydrogens (tertiary/aromatic N) is 2. The maximum atomic E-state index is 14.9. The number of Topliss-reactive ketones (excluding diaryl/α,β-unsaturated/α-hetero) is 3. The number of fused-ring (bicyclic) bond motifs is 4. The molecule has 530 valence electrons. The summed E-state index contributed by atoms with van der Waals surface area (Å²) in [5, 5.41) is 65.6. The van der Waals surface area contributed by atoms with Gasteiger partial charge in [0.1, 0.15) is 48.1 Å². The normalized spacial score (nSPS) is 22.5. The van der Waals surface area contributed by atoms with Crippen LogP contribution in [0.5, 0.6) is 0 Å². The van der Waals surface area contributed by atoms with E-state index in [2.05, 4.69) is 44.5 Å². The molecule has 2 fully saturated rings. The van der Waals surface area contributed by atoms with E-state index in [-0.39, 0.29) is 92.7 Å². The van der Waals surface area contributed by atoms with Gasteiger partial charge in [-0.05, 0) is 86.3 Å². The average molecular weight is 1420 g/mol. The highest BCUT2D eigenvalue weighted by Gasteiger charge is 2.45. The highest BCUT2D eigenvalue weighted by atomic mass is 32.2. The van der Waals surface area contributed by atoms with Crippen molar-refractivity contribution < 1.29 is 87.9 Å². The third kappa shape index (κ3) is 25.7. The van der Waals surface area contributed by atoms with Crippen molar-refractivity contribution in [3.8, 4) is 0 Å². The van der Waals surface area contributed by atoms with Crippen LogP contribution in [0.1, 0.15) is 126 Å². The number of primary amides is 1. The average Bonchev–Trinajstić information content (AvgIpc) is 1.63. The molecule has 2 aromatic rings. The molecule has 0 spiro atoms. The van der Waals surface area contributed by atoms with Crippen LogP contribution in [0.3, 0.4) is 0 Å². The second kappa shape index (κ2) is 41.6. The van der Waals surface area contributed by atoms with Crippen molar-refractivity contribution in [2.45, 2.75) is 182 Å². The monoisotopic (exact) mass is 1420 g/mol. The smallest absolute Gasteiger partial charge is 0.307 e. The molecular weight excluding hydrogens is 1320 g/mol. The first-order chi connectivity index (χ1) is 45.9. The summed E-state index contributed by atoms with van der Waals surface area (Å²) in [6.07, 6.45) is 1.03. The number of carbonyl (C=O) groups is 13. The molecule has 0 radical (unpaired) electrons. The van der Waals surface area contributed by atoms with Crippen molar-refractivity contribution >= 4 is 124 Å². The van der Waals surface area contributed by atoms with Crippen molar-refractivity contribution in [3.05, 3.63) is 70.8 Å². The van der Waals surface area contributed by atoms with E-state index in [1.165, 1.54) is 52.0 Å². The number of carboxylic acids is 1. The number of ketones is 3. The molecule has 3 aliphatic heterocycles. The molecule has 13 N–H and O–H groups in total. The molecule has 2 saturated heterocycles. The summed E-state index contributed by atoms with van der Waals surface area (Å²) >= 11 is 7.95. The van der Waals surface area contributed by atoms with E-state index in [9.17, 15) is 87.9 Å². The Hall–Kier alpha value is -6.61. The number of nitrogens with one attached hydrogen (secondary N) is 6. The Morgan fingerprint density at radius 2 is 1.31 bits per heavy atom. The fraction of sp³-hybridized carbons (Fsp3) is 0.615. The molecule has 11 atom stereocenters. The number of nitrogens with two attached hydrogens (primary N) is 1. The van der Waals surface area contributed by atoms with Gasteiger partial charge in [0.15, 0.2) is 11.6 Å². The van der Waals surface area contributed by atoms with Crippen LogP contribution in [0.2, 0.25) is 0 Å². The molecule has 96 heavy (non-hydrogen) atoms. The van der Waals surface area contributed by atoms with Crippen LogP contribution in [0, 0.1) is 11.8 Å². The van der Waals surface area contributed by atoms with E-state index < -0.39 is 164 Å². The van der Waals surface area contributed by atoms with Gasteiger partial charge < -0.3 is 73.0 Å². The number of hydrogen-bond donors (Lipinski definition) is 13. The summed E-state index contributed by atoms with van der Waals surface area (Å²) in [6, 6.07) is 3.24. The highest BCUT2D eigenvalue weighted by molar-refractivity contribution is 7.99. The molecule has 27 nitrogen and oxygen atoms in total. The summed E-state index contributed by atoms with van der Waals surface area (Å²) in [5.74, 6) is -10.6. The van der Waals surface area contributed by atoms with Gasteiger partial charge in [0.2, 0.25) is 53.2 Å². The second-order valence-electron chi connectivity index (χ2n) is 24.3. The zero-order valence-corrected chi connectivity index (χ0v) is 57.6. The van der Waals surface area contributed by atoms with Crippen molar-refractivity contribution in [1.29, 1.82) is 0 Å². The first-order valence-electron chi connectivity index (χ1n) is 32.4. The number of unbranched alkanes of at least 4 members (excludes halogenated alkanes) is 2. The number of rotatable bonds is 29. The topological polar surface area (TPSA) is 428 Å². The molecule has 5 rings (SSSR count). The Morgan fingerprint density at radius 3 is 1.92 bits per heavy atom. The first kappa shape index (κ1) is 80.1. The van der Waals surface area contributed by atoms with Crippen LogP contribution in [0.25, 0.3) is 0 Å². The van der Waals surface area contributed by atoms with Gasteiger partial charge in [-0.1, -0.05) is 68.3 Å². The van der Waals surface area contributed by atoms with Crippen LogP contribution in [0.4, 0.5) is 0 Å². The summed E-state index contributed by atoms with van der Waals surface area (Å²) in [4.78, 5) is 179. The quantitative estimate of drug-likeness (QED) is 0.0383. The fourth-order valence-electron chi connectivity index (χ4n) is 11.5. The van der Waals surface area contributed by atoms with Crippen molar-refractivity contribution in [1.82, 2.24) is 41.7 Å². The Kier molecular flexibility index (Phi) is 34.7. The predicted molar refractivity (Wildman–Crippen MR) is 364 cm³/mol. The number of carbonyl (C=O) groups excluding carboxylic acids is 12. The Labute approximate surface area is 577 Å². The van der Waals surface area contributed by atoms with Crippen LogP contribution < -0.4 is 37.6 Å². The zero-order chi connectivity index (χ0) is 70.4. The molecule has 9 amide bonds. The minimum atomic E-state index is -1.70. The van der Waals surface area contributed by atoms with Crippen molar-refractivity contribution in [2.75, 3.05) is 55.9 Å². The van der Waals surface area contributed by atoms with Gasteiger partial charge in [-0.15, -0.1) is 0 Å². The lowest BCUT2D eigenvalue weighted by Gasteiger charge is -2.33. The number of thiol groups is 1. The first-order valence-corrected chi connectivity index (χ1v) is 36.5. The molecule has 0 saturated carbocycles. The van der Waals surface area contributed by atoms with Crippen LogP contribution in [-0.2, 0) is 86.0 Å².